The van der Waals surface area contributed by atoms with Crippen LogP contribution in [-0.2, 0) is 0 Å². The third-order valence-electron chi connectivity index (χ3n) is 9.35. The van der Waals surface area contributed by atoms with Gasteiger partial charge in [-0.25, -0.2) is 19.9 Å². The lowest BCUT2D eigenvalue weighted by Gasteiger charge is -2.13. The van der Waals surface area contributed by atoms with E-state index in [2.05, 4.69) is 130 Å². The molecule has 5 heterocycles. The summed E-state index contributed by atoms with van der Waals surface area (Å²) in [6.45, 7) is 0. The Morgan fingerprint density at radius 3 is 1.69 bits per heavy atom. The Morgan fingerprint density at radius 2 is 0.980 bits per heavy atom. The van der Waals surface area contributed by atoms with Crippen molar-refractivity contribution in [2.75, 3.05) is 0 Å². The lowest BCUT2D eigenvalue weighted by Crippen LogP contribution is -2.01. The smallest absolute Gasteiger partial charge is 0.182 e. The zero-order valence-corrected chi connectivity index (χ0v) is 27.2. The number of para-hydroxylation sites is 3. The first-order chi connectivity index (χ1) is 25.3. The molecule has 0 atom stereocenters. The maximum Gasteiger partial charge on any atom is 0.182 e. The number of rotatable bonds is 5. The zero-order valence-electron chi connectivity index (χ0n) is 27.2. The molecule has 0 aliphatic carbocycles. The van der Waals surface area contributed by atoms with E-state index in [1.807, 2.05) is 36.4 Å². The molecule has 10 aromatic rings. The predicted molar refractivity (Wildman–Crippen MR) is 204 cm³/mol. The molecule has 0 saturated carbocycles. The van der Waals surface area contributed by atoms with E-state index < -0.39 is 0 Å². The van der Waals surface area contributed by atoms with Crippen molar-refractivity contribution in [2.45, 2.75) is 0 Å². The first-order valence-corrected chi connectivity index (χ1v) is 16.8. The summed E-state index contributed by atoms with van der Waals surface area (Å²) in [4.78, 5) is 28.7. The molecular formula is C44H27N7. The summed E-state index contributed by atoms with van der Waals surface area (Å²) in [5, 5.41) is 5.85. The van der Waals surface area contributed by atoms with Gasteiger partial charge >= 0.3 is 0 Å². The molecule has 5 aromatic carbocycles. The second-order valence-corrected chi connectivity index (χ2v) is 12.4. The minimum atomic E-state index is 0.492. The summed E-state index contributed by atoms with van der Waals surface area (Å²) < 4.78 is 2.36. The molecule has 238 valence electrons. The van der Waals surface area contributed by atoms with Gasteiger partial charge in [0, 0.05) is 56.1 Å². The standard InChI is InChI=1S/C44H27N7/c1-2-12-30(13-3-1)51-37-19-7-5-15-32(37)40-38(51)25-24-33-39(40)31-14-4-6-16-34(31)47-41(33)28-20-22-29(23-21-28)42-48-43(35-17-8-10-26-45-35)50-44(49-42)36-18-9-11-27-46-36/h1-27H. The molecule has 7 nitrogen and oxygen atoms in total. The molecule has 0 fully saturated rings. The van der Waals surface area contributed by atoms with Crippen LogP contribution in [0.4, 0.5) is 0 Å². The van der Waals surface area contributed by atoms with Gasteiger partial charge in [-0.2, -0.15) is 0 Å². The number of fused-ring (bicyclic) bond motifs is 7. The Bertz CT molecular complexity index is 2830. The van der Waals surface area contributed by atoms with Crippen molar-refractivity contribution in [1.82, 2.24) is 34.5 Å². The Balaban J connectivity index is 1.17. The van der Waals surface area contributed by atoms with Gasteiger partial charge in [-0.15, -0.1) is 0 Å². The highest BCUT2D eigenvalue weighted by Crippen LogP contribution is 2.42. The SMILES string of the molecule is c1ccc(-n2c3ccccc3c3c4c(ccc32)c(-c2ccc(-c3nc(-c5ccccn5)nc(-c5ccccn5)n3)cc2)nc2ccccc24)cc1. The van der Waals surface area contributed by atoms with Gasteiger partial charge in [-0.3, -0.25) is 9.97 Å². The summed E-state index contributed by atoms with van der Waals surface area (Å²) >= 11 is 0. The number of hydrogen-bond donors (Lipinski definition) is 0. The Kier molecular flexibility index (Phi) is 6.67. The minimum absolute atomic E-state index is 0.492. The average Bonchev–Trinajstić information content (AvgIpc) is 3.56. The summed E-state index contributed by atoms with van der Waals surface area (Å²) in [6, 6.07) is 51.9. The number of pyridine rings is 3. The van der Waals surface area contributed by atoms with Crippen molar-refractivity contribution >= 4 is 43.5 Å². The number of hydrogen-bond acceptors (Lipinski definition) is 6. The molecule has 0 radical (unpaired) electrons. The van der Waals surface area contributed by atoms with Crippen molar-refractivity contribution in [1.29, 1.82) is 0 Å². The summed E-state index contributed by atoms with van der Waals surface area (Å²) in [6.07, 6.45) is 3.48. The summed E-state index contributed by atoms with van der Waals surface area (Å²) in [7, 11) is 0. The van der Waals surface area contributed by atoms with Crippen LogP contribution in [0.3, 0.4) is 0 Å². The normalized spacial score (nSPS) is 11.5. The first-order valence-electron chi connectivity index (χ1n) is 16.8. The van der Waals surface area contributed by atoms with Crippen LogP contribution < -0.4 is 0 Å². The van der Waals surface area contributed by atoms with Crippen LogP contribution in [0.2, 0.25) is 0 Å². The van der Waals surface area contributed by atoms with Gasteiger partial charge in [0.05, 0.1) is 22.2 Å². The molecule has 0 saturated heterocycles. The third kappa shape index (κ3) is 4.82. The fraction of sp³-hybridized carbons (Fsp3) is 0. The molecule has 0 bridgehead atoms. The second-order valence-electron chi connectivity index (χ2n) is 12.4. The van der Waals surface area contributed by atoms with Gasteiger partial charge in [0.2, 0.25) is 0 Å². The molecule has 0 N–H and O–H groups in total. The fourth-order valence-electron chi connectivity index (χ4n) is 7.08. The van der Waals surface area contributed by atoms with E-state index in [-0.39, 0.29) is 0 Å². The lowest BCUT2D eigenvalue weighted by atomic mass is 9.96. The largest absolute Gasteiger partial charge is 0.309 e. The van der Waals surface area contributed by atoms with Crippen LogP contribution in [0.25, 0.3) is 94.9 Å². The molecule has 5 aromatic heterocycles. The van der Waals surface area contributed by atoms with Crippen molar-refractivity contribution in [3.05, 3.63) is 164 Å². The highest BCUT2D eigenvalue weighted by molar-refractivity contribution is 6.29. The van der Waals surface area contributed by atoms with Gasteiger partial charge < -0.3 is 4.57 Å². The van der Waals surface area contributed by atoms with Gasteiger partial charge in [0.15, 0.2) is 17.5 Å². The van der Waals surface area contributed by atoms with Crippen LogP contribution in [0.5, 0.6) is 0 Å². The third-order valence-corrected chi connectivity index (χ3v) is 9.35. The second kappa shape index (κ2) is 11.8. The molecule has 0 aliphatic heterocycles. The highest BCUT2D eigenvalue weighted by Gasteiger charge is 2.20. The van der Waals surface area contributed by atoms with E-state index >= 15 is 0 Å². The average molecular weight is 654 g/mol. The van der Waals surface area contributed by atoms with Crippen molar-refractivity contribution in [3.63, 3.8) is 0 Å². The van der Waals surface area contributed by atoms with E-state index in [1.54, 1.807) is 12.4 Å². The topological polar surface area (TPSA) is 82.3 Å². The van der Waals surface area contributed by atoms with E-state index in [9.17, 15) is 0 Å². The molecule has 0 spiro atoms. The van der Waals surface area contributed by atoms with Gasteiger partial charge in [-0.1, -0.05) is 97.1 Å². The summed E-state index contributed by atoms with van der Waals surface area (Å²) in [5.41, 5.74) is 8.54. The predicted octanol–water partition coefficient (Wildman–Crippen LogP) is 10.1. The lowest BCUT2D eigenvalue weighted by molar-refractivity contribution is 1.05. The Morgan fingerprint density at radius 1 is 0.373 bits per heavy atom. The molecule has 0 amide bonds. The van der Waals surface area contributed by atoms with Gasteiger partial charge in [0.25, 0.3) is 0 Å². The van der Waals surface area contributed by atoms with Crippen LogP contribution in [0.15, 0.2) is 164 Å². The maximum absolute atomic E-state index is 5.27. The molecule has 10 rings (SSSR count). The molecule has 51 heavy (non-hydrogen) atoms. The first kappa shape index (κ1) is 28.9. The number of nitrogens with zero attached hydrogens (tertiary/aromatic N) is 7. The Hall–Kier alpha value is -7.12. The molecule has 0 aliphatic rings. The van der Waals surface area contributed by atoms with E-state index in [0.29, 0.717) is 28.9 Å². The quantitative estimate of drug-likeness (QED) is 0.172. The van der Waals surface area contributed by atoms with Crippen LogP contribution >= 0.6 is 0 Å². The molecule has 7 heteroatoms. The van der Waals surface area contributed by atoms with Crippen LogP contribution in [-0.4, -0.2) is 34.5 Å². The number of aromatic nitrogens is 7. The fourth-order valence-corrected chi connectivity index (χ4v) is 7.08. The Labute approximate surface area is 292 Å². The van der Waals surface area contributed by atoms with Crippen LogP contribution in [0, 0.1) is 0 Å². The van der Waals surface area contributed by atoms with E-state index in [4.69, 9.17) is 19.9 Å². The minimum Gasteiger partial charge on any atom is -0.309 e. The van der Waals surface area contributed by atoms with E-state index in [0.717, 1.165) is 44.3 Å². The van der Waals surface area contributed by atoms with Crippen LogP contribution in [0.1, 0.15) is 0 Å². The van der Waals surface area contributed by atoms with E-state index in [1.165, 1.54) is 21.7 Å². The maximum atomic E-state index is 5.27. The van der Waals surface area contributed by atoms with Gasteiger partial charge in [-0.05, 0) is 54.6 Å². The van der Waals surface area contributed by atoms with Crippen molar-refractivity contribution in [2.24, 2.45) is 0 Å². The van der Waals surface area contributed by atoms with Crippen molar-refractivity contribution < 1.29 is 0 Å². The molecular weight excluding hydrogens is 627 g/mol. The highest BCUT2D eigenvalue weighted by atomic mass is 15.1. The molecule has 0 unspecified atom stereocenters. The number of benzene rings is 5. The zero-order chi connectivity index (χ0) is 33.7. The van der Waals surface area contributed by atoms with Crippen molar-refractivity contribution in [3.8, 4) is 51.4 Å². The summed E-state index contributed by atoms with van der Waals surface area (Å²) in [5.74, 6) is 1.53. The monoisotopic (exact) mass is 653 g/mol. The van der Waals surface area contributed by atoms with Gasteiger partial charge in [0.1, 0.15) is 11.4 Å².